The number of piperidine rings is 1. The molecule has 1 saturated heterocycles. The van der Waals surface area contributed by atoms with Crippen LogP contribution >= 0.6 is 0 Å². The molecule has 0 spiro atoms. The predicted molar refractivity (Wildman–Crippen MR) is 99.6 cm³/mol. The number of carbonyl (C=O) groups excluding carboxylic acids is 1. The van der Waals surface area contributed by atoms with Crippen LogP contribution in [0.25, 0.3) is 0 Å². The van der Waals surface area contributed by atoms with Crippen molar-refractivity contribution in [3.63, 3.8) is 0 Å². The number of hydrogen-bond donors (Lipinski definition) is 1. The predicted octanol–water partition coefficient (Wildman–Crippen LogP) is 3.60. The number of nitrogens with zero attached hydrogens (tertiary/aromatic N) is 2. The van der Waals surface area contributed by atoms with E-state index in [4.69, 9.17) is 0 Å². The van der Waals surface area contributed by atoms with Gasteiger partial charge < -0.3 is 10.2 Å². The highest BCUT2D eigenvalue weighted by Gasteiger charge is 2.28. The number of carbonyl (C=O) groups is 1. The lowest BCUT2D eigenvalue weighted by Gasteiger charge is -2.33. The molecule has 1 aromatic carbocycles. The van der Waals surface area contributed by atoms with Gasteiger partial charge in [-0.05, 0) is 54.9 Å². The van der Waals surface area contributed by atoms with Gasteiger partial charge in [-0.3, -0.25) is 4.79 Å². The van der Waals surface area contributed by atoms with E-state index in [1.54, 1.807) is 6.20 Å². The van der Waals surface area contributed by atoms with Crippen LogP contribution in [-0.4, -0.2) is 34.9 Å². The molecule has 1 N–H and O–H groups in total. The zero-order valence-electron chi connectivity index (χ0n) is 14.5. The summed E-state index contributed by atoms with van der Waals surface area (Å²) in [5.41, 5.74) is 2.82. The molecule has 4 nitrogen and oxygen atoms in total. The number of benzene rings is 1. The molecule has 25 heavy (non-hydrogen) atoms. The summed E-state index contributed by atoms with van der Waals surface area (Å²) in [6, 6.07) is 14.9. The molecular formula is C21H25N3O. The third-order valence-corrected chi connectivity index (χ3v) is 5.54. The molecule has 1 aliphatic carbocycles. The maximum absolute atomic E-state index is 12.7. The van der Waals surface area contributed by atoms with Crippen molar-refractivity contribution in [3.05, 3.63) is 59.8 Å². The van der Waals surface area contributed by atoms with Gasteiger partial charge in [-0.15, -0.1) is 0 Å². The van der Waals surface area contributed by atoms with E-state index in [-0.39, 0.29) is 0 Å². The van der Waals surface area contributed by atoms with Crippen molar-refractivity contribution >= 4 is 11.7 Å². The second-order valence-corrected chi connectivity index (χ2v) is 7.15. The summed E-state index contributed by atoms with van der Waals surface area (Å²) in [6.45, 7) is 1.69. The molecule has 1 aromatic heterocycles. The molecule has 4 heteroatoms. The van der Waals surface area contributed by atoms with Crippen LogP contribution in [0, 0.1) is 0 Å². The first kappa shape index (κ1) is 16.1. The molecule has 130 valence electrons. The first-order valence-corrected chi connectivity index (χ1v) is 9.33. The van der Waals surface area contributed by atoms with Crippen molar-refractivity contribution in [2.75, 3.05) is 18.4 Å². The van der Waals surface area contributed by atoms with Crippen molar-refractivity contribution < 1.29 is 4.79 Å². The molecule has 1 atom stereocenters. The third-order valence-electron chi connectivity index (χ3n) is 5.54. The van der Waals surface area contributed by atoms with E-state index in [0.29, 0.717) is 24.3 Å². The van der Waals surface area contributed by atoms with Gasteiger partial charge in [0.05, 0.1) is 0 Å². The third kappa shape index (κ3) is 3.68. The minimum atomic E-state index is 0.318. The minimum Gasteiger partial charge on any atom is -0.367 e. The van der Waals surface area contributed by atoms with Crippen molar-refractivity contribution in [1.29, 1.82) is 0 Å². The van der Waals surface area contributed by atoms with E-state index >= 15 is 0 Å². The van der Waals surface area contributed by atoms with Crippen molar-refractivity contribution in [2.24, 2.45) is 0 Å². The van der Waals surface area contributed by atoms with Crippen molar-refractivity contribution in [3.8, 4) is 0 Å². The fourth-order valence-corrected chi connectivity index (χ4v) is 4.13. The zero-order valence-corrected chi connectivity index (χ0v) is 14.5. The smallest absolute Gasteiger partial charge is 0.223 e. The molecule has 1 aliphatic heterocycles. The number of rotatable bonds is 4. The summed E-state index contributed by atoms with van der Waals surface area (Å²) in [4.78, 5) is 19.1. The van der Waals surface area contributed by atoms with Gasteiger partial charge in [-0.1, -0.05) is 30.3 Å². The van der Waals surface area contributed by atoms with Crippen molar-refractivity contribution in [1.82, 2.24) is 9.88 Å². The van der Waals surface area contributed by atoms with Crippen molar-refractivity contribution in [2.45, 2.75) is 44.1 Å². The zero-order chi connectivity index (χ0) is 17.1. The summed E-state index contributed by atoms with van der Waals surface area (Å²) in [6.07, 6.45) is 6.68. The van der Waals surface area contributed by atoms with Crippen LogP contribution in [-0.2, 0) is 11.2 Å². The molecule has 1 amide bonds. The maximum Gasteiger partial charge on any atom is 0.223 e. The lowest BCUT2D eigenvalue weighted by atomic mass is 9.96. The number of fused-ring (bicyclic) bond motifs is 1. The van der Waals surface area contributed by atoms with Crippen LogP contribution in [0.5, 0.6) is 0 Å². The van der Waals surface area contributed by atoms with Crippen LogP contribution in [0.4, 0.5) is 5.82 Å². The second-order valence-electron chi connectivity index (χ2n) is 7.15. The van der Waals surface area contributed by atoms with E-state index in [9.17, 15) is 4.79 Å². The van der Waals surface area contributed by atoms with Gasteiger partial charge in [-0.25, -0.2) is 4.98 Å². The van der Waals surface area contributed by atoms with E-state index in [2.05, 4.69) is 39.5 Å². The van der Waals surface area contributed by atoms with Crippen LogP contribution in [0.1, 0.15) is 42.7 Å². The van der Waals surface area contributed by atoms with E-state index < -0.39 is 0 Å². The van der Waals surface area contributed by atoms with Crippen LogP contribution < -0.4 is 5.32 Å². The summed E-state index contributed by atoms with van der Waals surface area (Å²) in [5.74, 6) is 1.65. The number of aromatic nitrogens is 1. The molecule has 1 fully saturated rings. The normalized spacial score (nSPS) is 20.3. The number of nitrogens with one attached hydrogen (secondary N) is 1. The number of amides is 1. The Morgan fingerprint density at radius 1 is 1.08 bits per heavy atom. The molecule has 0 radical (unpaired) electrons. The van der Waals surface area contributed by atoms with Gasteiger partial charge in [0.1, 0.15) is 5.82 Å². The minimum absolute atomic E-state index is 0.318. The average molecular weight is 335 g/mol. The number of likely N-dealkylation sites (tertiary alicyclic amines) is 1. The second kappa shape index (κ2) is 7.26. The summed E-state index contributed by atoms with van der Waals surface area (Å²) in [7, 11) is 0. The monoisotopic (exact) mass is 335 g/mol. The fraction of sp³-hybridized carbons (Fsp3) is 0.429. The summed E-state index contributed by atoms with van der Waals surface area (Å²) >= 11 is 0. The highest BCUT2D eigenvalue weighted by Crippen LogP contribution is 2.35. The van der Waals surface area contributed by atoms with E-state index in [1.807, 2.05) is 18.2 Å². The lowest BCUT2D eigenvalue weighted by molar-refractivity contribution is -0.132. The largest absolute Gasteiger partial charge is 0.367 e. The molecule has 0 saturated carbocycles. The Bertz CT molecular complexity index is 723. The average Bonchev–Trinajstić information content (AvgIpc) is 3.06. The standard InChI is InChI=1S/C21H25N3O/c25-21(15-17-9-8-16-5-1-2-6-19(16)17)24-13-10-18(11-14-24)23-20-7-3-4-12-22-20/h1-7,12,17-18H,8-11,13-15H2,(H,22,23)/t17-/m0/s1. The Labute approximate surface area is 149 Å². The molecule has 0 bridgehead atoms. The first-order chi connectivity index (χ1) is 12.3. The Balaban J connectivity index is 1.29. The van der Waals surface area contributed by atoms with Gasteiger partial charge in [0.2, 0.25) is 5.91 Å². The van der Waals surface area contributed by atoms with Crippen LogP contribution in [0.15, 0.2) is 48.7 Å². The highest BCUT2D eigenvalue weighted by molar-refractivity contribution is 5.77. The van der Waals surface area contributed by atoms with Crippen LogP contribution in [0.3, 0.4) is 0 Å². The number of anilines is 1. The number of pyridine rings is 1. The summed E-state index contributed by atoms with van der Waals surface area (Å²) in [5, 5.41) is 3.48. The molecule has 2 aliphatic rings. The molecule has 4 rings (SSSR count). The Morgan fingerprint density at radius 2 is 1.88 bits per heavy atom. The molecule has 0 unspecified atom stereocenters. The van der Waals surface area contributed by atoms with E-state index in [1.165, 1.54) is 11.1 Å². The van der Waals surface area contributed by atoms with Gasteiger partial charge in [0.15, 0.2) is 0 Å². The van der Waals surface area contributed by atoms with E-state index in [0.717, 1.165) is 44.6 Å². The lowest BCUT2D eigenvalue weighted by Crippen LogP contribution is -2.42. The van der Waals surface area contributed by atoms with Gasteiger partial charge in [0, 0.05) is 31.7 Å². The fourth-order valence-electron chi connectivity index (χ4n) is 4.13. The first-order valence-electron chi connectivity index (χ1n) is 9.33. The molecule has 2 aromatic rings. The number of aryl methyl sites for hydroxylation is 1. The highest BCUT2D eigenvalue weighted by atomic mass is 16.2. The Morgan fingerprint density at radius 3 is 2.68 bits per heavy atom. The molecular weight excluding hydrogens is 310 g/mol. The Hall–Kier alpha value is -2.36. The quantitative estimate of drug-likeness (QED) is 0.928. The van der Waals surface area contributed by atoms with Gasteiger partial charge >= 0.3 is 0 Å². The topological polar surface area (TPSA) is 45.2 Å². The van der Waals surface area contributed by atoms with Crippen LogP contribution in [0.2, 0.25) is 0 Å². The summed E-state index contributed by atoms with van der Waals surface area (Å²) < 4.78 is 0. The SMILES string of the molecule is O=C(C[C@@H]1CCc2ccccc21)N1CCC(Nc2ccccn2)CC1. The van der Waals surface area contributed by atoms with Gasteiger partial charge in [0.25, 0.3) is 0 Å². The van der Waals surface area contributed by atoms with Gasteiger partial charge in [-0.2, -0.15) is 0 Å². The molecule has 2 heterocycles. The number of hydrogen-bond acceptors (Lipinski definition) is 3. The maximum atomic E-state index is 12.7. The Kier molecular flexibility index (Phi) is 4.68.